The molecule has 8 rings (SSSR count). The Morgan fingerprint density at radius 1 is 0.583 bits per heavy atom. The molecule has 12 nitrogen and oxygen atoms in total. The molecular formula is C44H32F4N8O4. The predicted octanol–water partition coefficient (Wildman–Crippen LogP) is 5.25. The lowest BCUT2D eigenvalue weighted by Gasteiger charge is -2.15. The van der Waals surface area contributed by atoms with Crippen LogP contribution in [0.5, 0.6) is 0 Å². The van der Waals surface area contributed by atoms with Crippen molar-refractivity contribution in [2.45, 2.75) is 19.9 Å². The smallest absolute Gasteiger partial charge is 0.293 e. The van der Waals surface area contributed by atoms with E-state index in [0.29, 0.717) is 25.8 Å². The number of hydrogen-bond acceptors (Lipinski definition) is 6. The Kier molecular flexibility index (Phi) is 10.8. The number of aromatic nitrogens is 8. The summed E-state index contributed by atoms with van der Waals surface area (Å²) in [6.07, 6.45) is 2.87. The standard InChI is InChI=1S/C23H18F2N4O2.C21H14F2N4O2/c1-14(2)28-19-13-27(3)26-20(19)22(30)29(23(28)31)21-17(24)11-16(12-18(21)25)10-9-15-7-5-4-6-8-15;1-25-17-12-24-26(2)19(17)20(28)27(21(25)29)18-15(22)10-14(11-16(18)23)9-8-13-6-4-3-5-7-13/h4-8,11-14H,1-3H3;3-7,10-12H,1-2H3. The van der Waals surface area contributed by atoms with Gasteiger partial charge < -0.3 is 0 Å². The first-order valence-corrected chi connectivity index (χ1v) is 18.1. The van der Waals surface area contributed by atoms with E-state index in [1.54, 1.807) is 69.4 Å². The van der Waals surface area contributed by atoms with Gasteiger partial charge in [0.05, 0.1) is 17.2 Å². The second-order valence-electron chi connectivity index (χ2n) is 13.7. The van der Waals surface area contributed by atoms with Gasteiger partial charge in [-0.05, 0) is 62.4 Å². The van der Waals surface area contributed by atoms with Crippen molar-refractivity contribution in [2.24, 2.45) is 21.1 Å². The molecule has 60 heavy (non-hydrogen) atoms. The van der Waals surface area contributed by atoms with Gasteiger partial charge in [0.1, 0.15) is 11.4 Å². The molecule has 0 bridgehead atoms. The van der Waals surface area contributed by atoms with Crippen LogP contribution >= 0.6 is 0 Å². The van der Waals surface area contributed by atoms with Gasteiger partial charge in [-0.15, -0.1) is 0 Å². The number of fused-ring (bicyclic) bond motifs is 2. The molecule has 4 aromatic heterocycles. The van der Waals surface area contributed by atoms with E-state index in [-0.39, 0.29) is 33.7 Å². The largest absolute Gasteiger partial charge is 0.336 e. The van der Waals surface area contributed by atoms with Gasteiger partial charge in [-0.1, -0.05) is 60.1 Å². The molecule has 0 N–H and O–H groups in total. The van der Waals surface area contributed by atoms with Gasteiger partial charge >= 0.3 is 11.4 Å². The lowest BCUT2D eigenvalue weighted by molar-refractivity contribution is 0.536. The van der Waals surface area contributed by atoms with Gasteiger partial charge in [0.2, 0.25) is 0 Å². The first kappa shape index (κ1) is 40.2. The predicted molar refractivity (Wildman–Crippen MR) is 217 cm³/mol. The number of rotatable bonds is 3. The number of hydrogen-bond donors (Lipinski definition) is 0. The van der Waals surface area contributed by atoms with Crippen LogP contribution in [0.3, 0.4) is 0 Å². The number of halogens is 4. The molecule has 0 aliphatic carbocycles. The summed E-state index contributed by atoms with van der Waals surface area (Å²) in [5, 5.41) is 8.02. The zero-order chi connectivity index (χ0) is 43.0. The van der Waals surface area contributed by atoms with Crippen LogP contribution in [0.15, 0.2) is 117 Å². The highest BCUT2D eigenvalue weighted by molar-refractivity contribution is 5.74. The maximum absolute atomic E-state index is 15.0. The lowest BCUT2D eigenvalue weighted by Crippen LogP contribution is -2.40. The normalized spacial score (nSPS) is 10.9. The zero-order valence-electron chi connectivity index (χ0n) is 32.5. The minimum atomic E-state index is -1.07. The fourth-order valence-corrected chi connectivity index (χ4v) is 6.50. The zero-order valence-corrected chi connectivity index (χ0v) is 32.5. The Morgan fingerprint density at radius 2 is 1.03 bits per heavy atom. The third-order valence-corrected chi connectivity index (χ3v) is 9.28. The topological polar surface area (TPSA) is 124 Å². The maximum atomic E-state index is 15.0. The minimum Gasteiger partial charge on any atom is -0.293 e. The second-order valence-corrected chi connectivity index (χ2v) is 13.7. The third kappa shape index (κ3) is 7.45. The fourth-order valence-electron chi connectivity index (χ4n) is 6.50. The lowest BCUT2D eigenvalue weighted by atomic mass is 10.1. The number of nitrogens with zero attached hydrogens (tertiary/aromatic N) is 8. The molecule has 0 aliphatic heterocycles. The Morgan fingerprint density at radius 3 is 1.50 bits per heavy atom. The molecule has 0 amide bonds. The number of aryl methyl sites for hydroxylation is 3. The molecule has 0 fully saturated rings. The van der Waals surface area contributed by atoms with Crippen LogP contribution in [0, 0.1) is 47.0 Å². The molecule has 16 heteroatoms. The van der Waals surface area contributed by atoms with E-state index in [9.17, 15) is 36.7 Å². The molecule has 0 saturated carbocycles. The molecule has 0 unspecified atom stereocenters. The van der Waals surface area contributed by atoms with Crippen molar-refractivity contribution < 1.29 is 17.6 Å². The summed E-state index contributed by atoms with van der Waals surface area (Å²) in [5.41, 5.74) is -2.86. The minimum absolute atomic E-state index is 0.0532. The first-order valence-electron chi connectivity index (χ1n) is 18.1. The highest BCUT2D eigenvalue weighted by Crippen LogP contribution is 2.21. The molecule has 0 spiro atoms. The van der Waals surface area contributed by atoms with Crippen LogP contribution in [0.4, 0.5) is 17.6 Å². The molecule has 0 aliphatic rings. The Bertz CT molecular complexity index is 3330. The van der Waals surface area contributed by atoms with Gasteiger partial charge in [-0.2, -0.15) is 10.2 Å². The Labute approximate surface area is 337 Å². The van der Waals surface area contributed by atoms with Crippen molar-refractivity contribution in [1.82, 2.24) is 37.8 Å². The van der Waals surface area contributed by atoms with E-state index in [2.05, 4.69) is 33.9 Å². The maximum Gasteiger partial charge on any atom is 0.336 e. The van der Waals surface area contributed by atoms with Crippen LogP contribution in [0.2, 0.25) is 0 Å². The molecule has 4 aromatic carbocycles. The van der Waals surface area contributed by atoms with Crippen molar-refractivity contribution >= 4 is 22.1 Å². The molecule has 4 heterocycles. The first-order chi connectivity index (χ1) is 28.7. The van der Waals surface area contributed by atoms with Gasteiger partial charge in [-0.25, -0.2) is 36.3 Å². The SMILES string of the molecule is CC(C)n1c(=O)n(-c2c(F)cc(C#Cc3ccccc3)cc2F)c(=O)c2nn(C)cc21.Cn1ncc2c1c(=O)n(-c1c(F)cc(C#Cc3ccccc3)cc1F)c(=O)n2C. The van der Waals surface area contributed by atoms with Gasteiger partial charge in [0.15, 0.2) is 34.3 Å². The van der Waals surface area contributed by atoms with E-state index in [1.165, 1.54) is 40.4 Å². The van der Waals surface area contributed by atoms with Gasteiger partial charge in [0, 0.05) is 55.6 Å². The molecule has 8 aromatic rings. The average Bonchev–Trinajstić information content (AvgIpc) is 3.80. The van der Waals surface area contributed by atoms with E-state index in [0.717, 1.165) is 28.8 Å². The highest BCUT2D eigenvalue weighted by Gasteiger charge is 2.24. The van der Waals surface area contributed by atoms with Gasteiger partial charge in [-0.3, -0.25) is 28.1 Å². The molecule has 0 saturated heterocycles. The van der Waals surface area contributed by atoms with E-state index in [1.807, 2.05) is 12.1 Å². The summed E-state index contributed by atoms with van der Waals surface area (Å²) < 4.78 is 65.6. The van der Waals surface area contributed by atoms with Crippen LogP contribution < -0.4 is 22.5 Å². The van der Waals surface area contributed by atoms with Crippen molar-refractivity contribution in [3.05, 3.63) is 185 Å². The van der Waals surface area contributed by atoms with Crippen LogP contribution in [-0.4, -0.2) is 37.8 Å². The molecule has 300 valence electrons. The van der Waals surface area contributed by atoms with E-state index in [4.69, 9.17) is 0 Å². The highest BCUT2D eigenvalue weighted by atomic mass is 19.1. The van der Waals surface area contributed by atoms with Crippen molar-refractivity contribution in [3.8, 4) is 35.1 Å². The summed E-state index contributed by atoms with van der Waals surface area (Å²) >= 11 is 0. The van der Waals surface area contributed by atoms with E-state index < -0.39 is 57.1 Å². The van der Waals surface area contributed by atoms with Crippen LogP contribution in [0.1, 0.15) is 42.1 Å². The summed E-state index contributed by atoms with van der Waals surface area (Å²) in [6, 6.07) is 21.5. The van der Waals surface area contributed by atoms with E-state index >= 15 is 0 Å². The molecular weight excluding hydrogens is 781 g/mol. The quantitative estimate of drug-likeness (QED) is 0.178. The van der Waals surface area contributed by atoms with Crippen LogP contribution in [0.25, 0.3) is 33.4 Å². The monoisotopic (exact) mass is 812 g/mol. The van der Waals surface area contributed by atoms with Crippen molar-refractivity contribution in [2.75, 3.05) is 0 Å². The Balaban J connectivity index is 0.000000182. The Hall–Kier alpha value is -7.98. The summed E-state index contributed by atoms with van der Waals surface area (Å²) in [6.45, 7) is 3.47. The molecule has 0 radical (unpaired) electrons. The van der Waals surface area contributed by atoms with Gasteiger partial charge in [0.25, 0.3) is 11.1 Å². The fraction of sp³-hybridized carbons (Fsp3) is 0.136. The average molecular weight is 813 g/mol. The summed E-state index contributed by atoms with van der Waals surface area (Å²) in [7, 11) is 4.51. The summed E-state index contributed by atoms with van der Waals surface area (Å²) in [4.78, 5) is 51.5. The van der Waals surface area contributed by atoms with Crippen LogP contribution in [-0.2, 0) is 21.1 Å². The summed E-state index contributed by atoms with van der Waals surface area (Å²) in [5.74, 6) is 6.73. The van der Waals surface area contributed by atoms with Crippen molar-refractivity contribution in [3.63, 3.8) is 0 Å². The third-order valence-electron chi connectivity index (χ3n) is 9.28. The number of benzene rings is 4. The van der Waals surface area contributed by atoms with Crippen molar-refractivity contribution in [1.29, 1.82) is 0 Å². The molecule has 0 atom stereocenters. The second kappa shape index (κ2) is 16.1.